The third-order valence-electron chi connectivity index (χ3n) is 3.09. The van der Waals surface area contributed by atoms with Crippen molar-refractivity contribution in [1.82, 2.24) is 4.90 Å². The van der Waals surface area contributed by atoms with E-state index in [1.165, 1.54) is 0 Å². The van der Waals surface area contributed by atoms with E-state index in [4.69, 9.17) is 11.5 Å². The van der Waals surface area contributed by atoms with Crippen LogP contribution in [0.3, 0.4) is 0 Å². The van der Waals surface area contributed by atoms with Crippen LogP contribution in [0.25, 0.3) is 0 Å². The fraction of sp³-hybridized carbons (Fsp3) is 1.00. The average Bonchev–Trinajstić information content (AvgIpc) is 2.03. The Balaban J connectivity index is 4.37. The molecule has 4 N–H and O–H groups in total. The SMILES string of the molecule is CC(CN)C(C)(CCN)N(C)C. The summed E-state index contributed by atoms with van der Waals surface area (Å²) in [7, 11) is 4.17. The van der Waals surface area contributed by atoms with Gasteiger partial charge in [0.2, 0.25) is 0 Å². The first-order chi connectivity index (χ1) is 5.49. The Hall–Kier alpha value is -0.120. The van der Waals surface area contributed by atoms with Gasteiger partial charge in [-0.05, 0) is 46.4 Å². The summed E-state index contributed by atoms with van der Waals surface area (Å²) in [4.78, 5) is 2.22. The van der Waals surface area contributed by atoms with Gasteiger partial charge >= 0.3 is 0 Å². The van der Waals surface area contributed by atoms with Crippen molar-refractivity contribution in [3.63, 3.8) is 0 Å². The van der Waals surface area contributed by atoms with Crippen molar-refractivity contribution in [2.75, 3.05) is 27.2 Å². The summed E-state index contributed by atoms with van der Waals surface area (Å²) in [6.45, 7) is 5.83. The van der Waals surface area contributed by atoms with Crippen LogP contribution in [0, 0.1) is 5.92 Å². The van der Waals surface area contributed by atoms with E-state index in [9.17, 15) is 0 Å². The van der Waals surface area contributed by atoms with Gasteiger partial charge in [0.15, 0.2) is 0 Å². The Labute approximate surface area is 76.1 Å². The molecule has 0 aliphatic heterocycles. The molecular formula is C9H23N3. The van der Waals surface area contributed by atoms with E-state index >= 15 is 0 Å². The third-order valence-corrected chi connectivity index (χ3v) is 3.09. The number of hydrogen-bond donors (Lipinski definition) is 2. The number of nitrogens with zero attached hydrogens (tertiary/aromatic N) is 1. The zero-order valence-corrected chi connectivity index (χ0v) is 8.80. The molecule has 3 nitrogen and oxygen atoms in total. The molecule has 0 heterocycles. The maximum Gasteiger partial charge on any atom is 0.0224 e. The molecular weight excluding hydrogens is 150 g/mol. The predicted molar refractivity (Wildman–Crippen MR) is 54.0 cm³/mol. The lowest BCUT2D eigenvalue weighted by atomic mass is 9.83. The molecule has 0 aliphatic carbocycles. The zero-order valence-electron chi connectivity index (χ0n) is 8.80. The lowest BCUT2D eigenvalue weighted by Crippen LogP contribution is -2.50. The van der Waals surface area contributed by atoms with Gasteiger partial charge in [-0.1, -0.05) is 6.92 Å². The van der Waals surface area contributed by atoms with Gasteiger partial charge in [-0.25, -0.2) is 0 Å². The Morgan fingerprint density at radius 3 is 2.08 bits per heavy atom. The molecule has 0 fully saturated rings. The molecule has 0 aromatic carbocycles. The van der Waals surface area contributed by atoms with Crippen molar-refractivity contribution in [2.45, 2.75) is 25.8 Å². The molecule has 0 bridgehead atoms. The van der Waals surface area contributed by atoms with E-state index in [1.807, 2.05) is 0 Å². The lowest BCUT2D eigenvalue weighted by Gasteiger charge is -2.41. The van der Waals surface area contributed by atoms with E-state index < -0.39 is 0 Å². The van der Waals surface area contributed by atoms with Crippen molar-refractivity contribution < 1.29 is 0 Å². The van der Waals surface area contributed by atoms with Crippen LogP contribution in [0.5, 0.6) is 0 Å². The average molecular weight is 173 g/mol. The molecule has 0 aliphatic rings. The van der Waals surface area contributed by atoms with E-state index in [2.05, 4.69) is 32.8 Å². The number of hydrogen-bond acceptors (Lipinski definition) is 3. The van der Waals surface area contributed by atoms with Gasteiger partial charge in [-0.2, -0.15) is 0 Å². The highest BCUT2D eigenvalue weighted by atomic mass is 15.1. The van der Waals surface area contributed by atoms with E-state index in [-0.39, 0.29) is 5.54 Å². The fourth-order valence-corrected chi connectivity index (χ4v) is 1.46. The quantitative estimate of drug-likeness (QED) is 0.626. The van der Waals surface area contributed by atoms with Gasteiger partial charge < -0.3 is 16.4 Å². The second kappa shape index (κ2) is 4.80. The standard InChI is InChI=1S/C9H23N3/c1-8(7-11)9(2,5-6-10)12(3)4/h8H,5-7,10-11H2,1-4H3. The van der Waals surface area contributed by atoms with Crippen LogP contribution in [0.15, 0.2) is 0 Å². The first-order valence-corrected chi connectivity index (χ1v) is 4.56. The molecule has 0 spiro atoms. The van der Waals surface area contributed by atoms with Crippen LogP contribution in [0.2, 0.25) is 0 Å². The molecule has 74 valence electrons. The van der Waals surface area contributed by atoms with E-state index in [1.54, 1.807) is 0 Å². The highest BCUT2D eigenvalue weighted by Crippen LogP contribution is 2.24. The largest absolute Gasteiger partial charge is 0.330 e. The van der Waals surface area contributed by atoms with Crippen LogP contribution >= 0.6 is 0 Å². The van der Waals surface area contributed by atoms with Crippen molar-refractivity contribution >= 4 is 0 Å². The summed E-state index contributed by atoms with van der Waals surface area (Å²) in [6, 6.07) is 0. The molecule has 12 heavy (non-hydrogen) atoms. The normalized spacial score (nSPS) is 19.2. The molecule has 3 heteroatoms. The monoisotopic (exact) mass is 173 g/mol. The molecule has 0 aromatic heterocycles. The maximum atomic E-state index is 5.66. The van der Waals surface area contributed by atoms with Crippen LogP contribution in [0.1, 0.15) is 20.3 Å². The van der Waals surface area contributed by atoms with Crippen molar-refractivity contribution in [2.24, 2.45) is 17.4 Å². The van der Waals surface area contributed by atoms with Gasteiger partial charge in [-0.3, -0.25) is 0 Å². The van der Waals surface area contributed by atoms with Gasteiger partial charge in [0.05, 0.1) is 0 Å². The highest BCUT2D eigenvalue weighted by molar-refractivity contribution is 4.88. The summed E-state index contributed by atoms with van der Waals surface area (Å²) in [5, 5.41) is 0. The van der Waals surface area contributed by atoms with Gasteiger partial charge in [0, 0.05) is 5.54 Å². The zero-order chi connectivity index (χ0) is 9.78. The minimum absolute atomic E-state index is 0.142. The smallest absolute Gasteiger partial charge is 0.0224 e. The molecule has 2 atom stereocenters. The van der Waals surface area contributed by atoms with Crippen molar-refractivity contribution in [1.29, 1.82) is 0 Å². The van der Waals surface area contributed by atoms with Crippen LogP contribution in [0.4, 0.5) is 0 Å². The van der Waals surface area contributed by atoms with Crippen molar-refractivity contribution in [3.05, 3.63) is 0 Å². The van der Waals surface area contributed by atoms with Crippen molar-refractivity contribution in [3.8, 4) is 0 Å². The summed E-state index contributed by atoms with van der Waals surface area (Å²) >= 11 is 0. The summed E-state index contributed by atoms with van der Waals surface area (Å²) in [5.74, 6) is 0.482. The Kier molecular flexibility index (Phi) is 4.75. The van der Waals surface area contributed by atoms with Crippen LogP contribution in [-0.2, 0) is 0 Å². The Bertz CT molecular complexity index is 125. The second-order valence-electron chi connectivity index (χ2n) is 3.93. The Morgan fingerprint density at radius 1 is 1.33 bits per heavy atom. The number of nitrogens with two attached hydrogens (primary N) is 2. The molecule has 0 amide bonds. The summed E-state index contributed by atoms with van der Waals surface area (Å²) in [6.07, 6.45) is 0.998. The molecule has 0 rings (SSSR count). The minimum atomic E-state index is 0.142. The Morgan fingerprint density at radius 2 is 1.83 bits per heavy atom. The fourth-order valence-electron chi connectivity index (χ4n) is 1.46. The second-order valence-corrected chi connectivity index (χ2v) is 3.93. The first-order valence-electron chi connectivity index (χ1n) is 4.56. The highest BCUT2D eigenvalue weighted by Gasteiger charge is 2.31. The number of rotatable bonds is 5. The maximum absolute atomic E-state index is 5.66. The molecule has 0 saturated heterocycles. The molecule has 0 radical (unpaired) electrons. The van der Waals surface area contributed by atoms with Gasteiger partial charge in [-0.15, -0.1) is 0 Å². The molecule has 0 saturated carbocycles. The lowest BCUT2D eigenvalue weighted by molar-refractivity contribution is 0.102. The topological polar surface area (TPSA) is 55.3 Å². The van der Waals surface area contributed by atoms with Gasteiger partial charge in [0.25, 0.3) is 0 Å². The predicted octanol–water partition coefficient (Wildman–Crippen LogP) is 0.250. The minimum Gasteiger partial charge on any atom is -0.330 e. The molecule has 0 aromatic rings. The third kappa shape index (κ3) is 2.44. The summed E-state index contributed by atoms with van der Waals surface area (Å²) in [5.41, 5.74) is 11.4. The van der Waals surface area contributed by atoms with Gasteiger partial charge in [0.1, 0.15) is 0 Å². The van der Waals surface area contributed by atoms with E-state index in [0.717, 1.165) is 13.0 Å². The van der Waals surface area contributed by atoms with Crippen LogP contribution in [-0.4, -0.2) is 37.6 Å². The van der Waals surface area contributed by atoms with Crippen LogP contribution < -0.4 is 11.5 Å². The summed E-state index contributed by atoms with van der Waals surface area (Å²) < 4.78 is 0. The molecule has 2 unspecified atom stereocenters. The van der Waals surface area contributed by atoms with E-state index in [0.29, 0.717) is 12.5 Å². The first kappa shape index (κ1) is 11.9.